The first kappa shape index (κ1) is 22.2. The molecule has 1 atom stereocenters. The van der Waals surface area contributed by atoms with Crippen molar-refractivity contribution in [3.8, 4) is 17.2 Å². The second-order valence-electron chi connectivity index (χ2n) is 6.81. The van der Waals surface area contributed by atoms with Crippen LogP contribution in [0.2, 0.25) is 5.02 Å². The zero-order valence-corrected chi connectivity index (χ0v) is 18.2. The quantitative estimate of drug-likeness (QED) is 0.688. The van der Waals surface area contributed by atoms with Gasteiger partial charge in [0.2, 0.25) is 5.75 Å². The fourth-order valence-corrected chi connectivity index (χ4v) is 3.84. The second kappa shape index (κ2) is 10.5. The number of nitrogens with one attached hydrogen (secondary N) is 1. The first-order valence-electron chi connectivity index (χ1n) is 9.73. The van der Waals surface area contributed by atoms with Crippen molar-refractivity contribution in [2.45, 2.75) is 6.04 Å². The summed E-state index contributed by atoms with van der Waals surface area (Å²) in [6.07, 6.45) is 0. The number of halogens is 1. The molecule has 1 aliphatic rings. The maximum absolute atomic E-state index is 12.9. The van der Waals surface area contributed by atoms with Crippen LogP contribution in [-0.4, -0.2) is 65.0 Å². The van der Waals surface area contributed by atoms with E-state index in [2.05, 4.69) is 10.2 Å². The standard InChI is InChI=1S/C22H27ClN2O5/c1-27-19-12-15(13-20(28-2)21(19)29-3)22(26)24-14-18(25-8-10-30-11-9-25)16-6-4-5-7-17(16)23/h4-7,12-13,18H,8-11,14H2,1-3H3,(H,24,26)/t18-/m0/s1. The third-order valence-corrected chi connectivity index (χ3v) is 5.48. The molecule has 30 heavy (non-hydrogen) atoms. The fraction of sp³-hybridized carbons (Fsp3) is 0.409. The third kappa shape index (κ3) is 4.98. The first-order chi connectivity index (χ1) is 14.6. The number of carbonyl (C=O) groups is 1. The van der Waals surface area contributed by atoms with Gasteiger partial charge in [-0.05, 0) is 23.8 Å². The molecular weight excluding hydrogens is 408 g/mol. The lowest BCUT2D eigenvalue weighted by Gasteiger charge is -2.35. The molecule has 2 aromatic rings. The van der Waals surface area contributed by atoms with E-state index in [0.717, 1.165) is 18.7 Å². The van der Waals surface area contributed by atoms with Crippen molar-refractivity contribution in [3.63, 3.8) is 0 Å². The van der Waals surface area contributed by atoms with Gasteiger partial charge < -0.3 is 24.3 Å². The lowest BCUT2D eigenvalue weighted by molar-refractivity contribution is 0.0162. The molecule has 1 amide bonds. The summed E-state index contributed by atoms with van der Waals surface area (Å²) in [7, 11) is 4.56. The molecule has 0 radical (unpaired) electrons. The highest BCUT2D eigenvalue weighted by molar-refractivity contribution is 6.31. The molecule has 1 saturated heterocycles. The summed E-state index contributed by atoms with van der Waals surface area (Å²) in [6.45, 7) is 3.26. The highest BCUT2D eigenvalue weighted by Crippen LogP contribution is 2.38. The van der Waals surface area contributed by atoms with Crippen molar-refractivity contribution >= 4 is 17.5 Å². The predicted octanol–water partition coefficient (Wildman–Crippen LogP) is 3.17. The van der Waals surface area contributed by atoms with E-state index in [0.29, 0.717) is 47.6 Å². The van der Waals surface area contributed by atoms with Crippen LogP contribution in [0, 0.1) is 0 Å². The number of morpholine rings is 1. The number of hydrogen-bond acceptors (Lipinski definition) is 6. The molecule has 0 aliphatic carbocycles. The van der Waals surface area contributed by atoms with Gasteiger partial charge in [0.25, 0.3) is 5.91 Å². The number of benzene rings is 2. The first-order valence-corrected chi connectivity index (χ1v) is 10.1. The Labute approximate surface area is 181 Å². The van der Waals surface area contributed by atoms with Gasteiger partial charge >= 0.3 is 0 Å². The van der Waals surface area contributed by atoms with Gasteiger partial charge in [-0.25, -0.2) is 0 Å². The van der Waals surface area contributed by atoms with Gasteiger partial charge in [-0.3, -0.25) is 9.69 Å². The number of amides is 1. The van der Waals surface area contributed by atoms with Crippen LogP contribution in [0.15, 0.2) is 36.4 Å². The molecule has 1 heterocycles. The topological polar surface area (TPSA) is 69.3 Å². The molecule has 1 aliphatic heterocycles. The molecule has 0 saturated carbocycles. The zero-order chi connectivity index (χ0) is 21.5. The monoisotopic (exact) mass is 434 g/mol. The van der Waals surface area contributed by atoms with E-state index in [1.807, 2.05) is 24.3 Å². The summed E-state index contributed by atoms with van der Waals surface area (Å²) in [6, 6.07) is 10.9. The zero-order valence-electron chi connectivity index (χ0n) is 17.4. The Morgan fingerprint density at radius 1 is 1.10 bits per heavy atom. The number of hydrogen-bond donors (Lipinski definition) is 1. The average molecular weight is 435 g/mol. The Hall–Kier alpha value is -2.48. The second-order valence-corrected chi connectivity index (χ2v) is 7.22. The van der Waals surface area contributed by atoms with E-state index in [1.165, 1.54) is 21.3 Å². The molecular formula is C22H27ClN2O5. The van der Waals surface area contributed by atoms with Crippen molar-refractivity contribution in [2.24, 2.45) is 0 Å². The molecule has 7 nitrogen and oxygen atoms in total. The van der Waals surface area contributed by atoms with Crippen LogP contribution in [0.3, 0.4) is 0 Å². The molecule has 0 aromatic heterocycles. The number of ether oxygens (including phenoxy) is 4. The predicted molar refractivity (Wildman–Crippen MR) is 115 cm³/mol. The lowest BCUT2D eigenvalue weighted by Crippen LogP contribution is -2.44. The molecule has 0 spiro atoms. The molecule has 1 fully saturated rings. The van der Waals surface area contributed by atoms with Crippen molar-refractivity contribution in [2.75, 3.05) is 54.2 Å². The molecule has 3 rings (SSSR count). The SMILES string of the molecule is COc1cc(C(=O)NC[C@@H](c2ccccc2Cl)N2CCOCC2)cc(OC)c1OC. The minimum absolute atomic E-state index is 0.0615. The molecule has 162 valence electrons. The number of methoxy groups -OCH3 is 3. The maximum Gasteiger partial charge on any atom is 0.251 e. The van der Waals surface area contributed by atoms with E-state index in [1.54, 1.807) is 12.1 Å². The summed E-state index contributed by atoms with van der Waals surface area (Å²) in [5.74, 6) is 1.06. The molecule has 0 bridgehead atoms. The summed E-state index contributed by atoms with van der Waals surface area (Å²) in [4.78, 5) is 15.2. The Morgan fingerprint density at radius 2 is 1.73 bits per heavy atom. The average Bonchev–Trinajstić information content (AvgIpc) is 2.79. The normalized spacial score (nSPS) is 15.3. The van der Waals surface area contributed by atoms with Crippen molar-refractivity contribution < 1.29 is 23.7 Å². The van der Waals surface area contributed by atoms with E-state index < -0.39 is 0 Å². The van der Waals surface area contributed by atoms with Crippen LogP contribution in [-0.2, 0) is 4.74 Å². The van der Waals surface area contributed by atoms with Gasteiger partial charge in [0.05, 0.1) is 40.6 Å². The Kier molecular flexibility index (Phi) is 7.79. The van der Waals surface area contributed by atoms with Crippen molar-refractivity contribution in [3.05, 3.63) is 52.5 Å². The Balaban J connectivity index is 1.81. The van der Waals surface area contributed by atoms with Gasteiger partial charge in [-0.1, -0.05) is 29.8 Å². The number of rotatable bonds is 8. The summed E-state index contributed by atoms with van der Waals surface area (Å²) in [5, 5.41) is 3.71. The smallest absolute Gasteiger partial charge is 0.251 e. The van der Waals surface area contributed by atoms with Crippen LogP contribution < -0.4 is 19.5 Å². The van der Waals surface area contributed by atoms with E-state index in [-0.39, 0.29) is 11.9 Å². The molecule has 1 N–H and O–H groups in total. The van der Waals surface area contributed by atoms with E-state index >= 15 is 0 Å². The van der Waals surface area contributed by atoms with Gasteiger partial charge in [-0.2, -0.15) is 0 Å². The summed E-state index contributed by atoms with van der Waals surface area (Å²) < 4.78 is 21.5. The minimum Gasteiger partial charge on any atom is -0.493 e. The van der Waals surface area contributed by atoms with Crippen LogP contribution in [0.25, 0.3) is 0 Å². The van der Waals surface area contributed by atoms with Crippen molar-refractivity contribution in [1.82, 2.24) is 10.2 Å². The highest BCUT2D eigenvalue weighted by atomic mass is 35.5. The van der Waals surface area contributed by atoms with Crippen LogP contribution in [0.4, 0.5) is 0 Å². The van der Waals surface area contributed by atoms with Crippen LogP contribution in [0.1, 0.15) is 22.0 Å². The lowest BCUT2D eigenvalue weighted by atomic mass is 10.0. The van der Waals surface area contributed by atoms with Gasteiger partial charge in [-0.15, -0.1) is 0 Å². The molecule has 2 aromatic carbocycles. The van der Waals surface area contributed by atoms with Gasteiger partial charge in [0.1, 0.15) is 0 Å². The van der Waals surface area contributed by atoms with E-state index in [4.69, 9.17) is 30.5 Å². The van der Waals surface area contributed by atoms with Crippen LogP contribution in [0.5, 0.6) is 17.2 Å². The van der Waals surface area contributed by atoms with Crippen LogP contribution >= 0.6 is 11.6 Å². The maximum atomic E-state index is 12.9. The molecule has 0 unspecified atom stereocenters. The Bertz CT molecular complexity index is 845. The summed E-state index contributed by atoms with van der Waals surface area (Å²) >= 11 is 6.47. The Morgan fingerprint density at radius 3 is 2.30 bits per heavy atom. The minimum atomic E-state index is -0.237. The van der Waals surface area contributed by atoms with Crippen molar-refractivity contribution in [1.29, 1.82) is 0 Å². The number of carbonyl (C=O) groups excluding carboxylic acids is 1. The summed E-state index contributed by atoms with van der Waals surface area (Å²) in [5.41, 5.74) is 1.40. The largest absolute Gasteiger partial charge is 0.493 e. The molecule has 8 heteroatoms. The third-order valence-electron chi connectivity index (χ3n) is 5.13. The highest BCUT2D eigenvalue weighted by Gasteiger charge is 2.25. The van der Waals surface area contributed by atoms with Gasteiger partial charge in [0, 0.05) is 30.2 Å². The number of nitrogens with zero attached hydrogens (tertiary/aromatic N) is 1. The fourth-order valence-electron chi connectivity index (χ4n) is 3.57. The van der Waals surface area contributed by atoms with Gasteiger partial charge in [0.15, 0.2) is 11.5 Å². The van der Waals surface area contributed by atoms with E-state index in [9.17, 15) is 4.79 Å².